The number of hydrogen-bond donors (Lipinski definition) is 0. The average Bonchev–Trinajstić information content (AvgIpc) is 2.88. The van der Waals surface area contributed by atoms with Crippen LogP contribution >= 0.6 is 11.6 Å². The third kappa shape index (κ3) is 2.18. The van der Waals surface area contributed by atoms with Crippen molar-refractivity contribution in [3.63, 3.8) is 0 Å². The normalized spacial score (nSPS) is 10.9. The molecule has 0 bridgehead atoms. The standard InChI is InChI=1S/C13H13ClN6/c1-9-11(14)18-13-16-8-17-20(13)12(9)19(2)7-10-3-5-15-6-4-10/h3-6,8H,7H2,1-2H3. The first-order chi connectivity index (χ1) is 9.66. The highest BCUT2D eigenvalue weighted by Gasteiger charge is 2.16. The van der Waals surface area contributed by atoms with Gasteiger partial charge in [-0.05, 0) is 24.6 Å². The molecule has 0 fully saturated rings. The van der Waals surface area contributed by atoms with Gasteiger partial charge in [0.1, 0.15) is 17.3 Å². The Morgan fingerprint density at radius 2 is 2.05 bits per heavy atom. The monoisotopic (exact) mass is 288 g/mol. The molecular formula is C13H13ClN6. The molecule has 0 unspecified atom stereocenters. The predicted octanol–water partition coefficient (Wildman–Crippen LogP) is 2.12. The highest BCUT2D eigenvalue weighted by atomic mass is 35.5. The number of aromatic nitrogens is 5. The molecule has 0 aromatic carbocycles. The number of rotatable bonds is 3. The van der Waals surface area contributed by atoms with Crippen LogP contribution in [0.4, 0.5) is 5.82 Å². The fourth-order valence-electron chi connectivity index (χ4n) is 2.17. The number of pyridine rings is 1. The van der Waals surface area contributed by atoms with Crippen LogP contribution in [0.25, 0.3) is 5.78 Å². The summed E-state index contributed by atoms with van der Waals surface area (Å²) in [6, 6.07) is 3.96. The van der Waals surface area contributed by atoms with E-state index in [1.807, 2.05) is 26.1 Å². The minimum atomic E-state index is 0.446. The van der Waals surface area contributed by atoms with Crippen LogP contribution in [0, 0.1) is 6.92 Å². The first-order valence-electron chi connectivity index (χ1n) is 6.12. The lowest BCUT2D eigenvalue weighted by atomic mass is 10.2. The van der Waals surface area contributed by atoms with Crippen LogP contribution in [0.1, 0.15) is 11.1 Å². The fraction of sp³-hybridized carbons (Fsp3) is 0.231. The maximum absolute atomic E-state index is 6.17. The summed E-state index contributed by atoms with van der Waals surface area (Å²) in [6.07, 6.45) is 5.03. The number of nitrogens with zero attached hydrogens (tertiary/aromatic N) is 6. The quantitative estimate of drug-likeness (QED) is 0.691. The molecule has 0 radical (unpaired) electrons. The molecule has 0 saturated carbocycles. The van der Waals surface area contributed by atoms with Crippen LogP contribution in [0.5, 0.6) is 0 Å². The third-order valence-corrected chi connectivity index (χ3v) is 3.47. The highest BCUT2D eigenvalue weighted by molar-refractivity contribution is 6.30. The Labute approximate surface area is 121 Å². The largest absolute Gasteiger partial charge is 0.355 e. The SMILES string of the molecule is Cc1c(Cl)nc2ncnn2c1N(C)Cc1ccncc1. The molecule has 6 nitrogen and oxygen atoms in total. The lowest BCUT2D eigenvalue weighted by Gasteiger charge is -2.22. The topological polar surface area (TPSA) is 59.2 Å². The van der Waals surface area contributed by atoms with Crippen molar-refractivity contribution < 1.29 is 0 Å². The molecule has 3 aromatic heterocycles. The molecule has 20 heavy (non-hydrogen) atoms. The molecule has 3 rings (SSSR count). The molecule has 0 aliphatic carbocycles. The molecule has 0 aliphatic rings. The summed E-state index contributed by atoms with van der Waals surface area (Å²) in [4.78, 5) is 14.4. The number of fused-ring (bicyclic) bond motifs is 1. The van der Waals surface area contributed by atoms with E-state index in [2.05, 4.69) is 25.0 Å². The lowest BCUT2D eigenvalue weighted by molar-refractivity contribution is 0.822. The van der Waals surface area contributed by atoms with Gasteiger partial charge in [0, 0.05) is 31.5 Å². The van der Waals surface area contributed by atoms with Gasteiger partial charge in [0.15, 0.2) is 0 Å². The van der Waals surface area contributed by atoms with Crippen molar-refractivity contribution in [1.29, 1.82) is 0 Å². The molecule has 3 aromatic rings. The summed E-state index contributed by atoms with van der Waals surface area (Å²) < 4.78 is 1.70. The average molecular weight is 289 g/mol. The molecule has 0 saturated heterocycles. The van der Waals surface area contributed by atoms with Crippen LogP contribution in [0.2, 0.25) is 5.15 Å². The van der Waals surface area contributed by atoms with E-state index in [1.165, 1.54) is 6.33 Å². The maximum Gasteiger partial charge on any atom is 0.255 e. The van der Waals surface area contributed by atoms with E-state index in [-0.39, 0.29) is 0 Å². The summed E-state index contributed by atoms with van der Waals surface area (Å²) in [5.74, 6) is 1.38. The van der Waals surface area contributed by atoms with Crippen LogP contribution < -0.4 is 4.90 Å². The second-order valence-electron chi connectivity index (χ2n) is 4.53. The van der Waals surface area contributed by atoms with E-state index in [4.69, 9.17) is 11.6 Å². The smallest absolute Gasteiger partial charge is 0.255 e. The second-order valence-corrected chi connectivity index (χ2v) is 4.89. The summed E-state index contributed by atoms with van der Waals surface area (Å²) in [5, 5.41) is 4.66. The predicted molar refractivity (Wildman–Crippen MR) is 76.9 cm³/mol. The molecule has 3 heterocycles. The van der Waals surface area contributed by atoms with Gasteiger partial charge in [-0.25, -0.2) is 0 Å². The summed E-state index contributed by atoms with van der Waals surface area (Å²) in [7, 11) is 1.99. The van der Waals surface area contributed by atoms with Gasteiger partial charge in [0.05, 0.1) is 0 Å². The Hall–Kier alpha value is -2.21. The van der Waals surface area contributed by atoms with E-state index in [0.717, 1.165) is 23.5 Å². The van der Waals surface area contributed by atoms with Gasteiger partial charge < -0.3 is 4.90 Å². The molecule has 0 atom stereocenters. The van der Waals surface area contributed by atoms with E-state index < -0.39 is 0 Å². The first kappa shape index (κ1) is 12.8. The van der Waals surface area contributed by atoms with Crippen molar-refractivity contribution >= 4 is 23.2 Å². The lowest BCUT2D eigenvalue weighted by Crippen LogP contribution is -2.21. The van der Waals surface area contributed by atoms with Crippen molar-refractivity contribution in [2.24, 2.45) is 0 Å². The zero-order valence-electron chi connectivity index (χ0n) is 11.2. The molecule has 7 heteroatoms. The van der Waals surface area contributed by atoms with Crippen molar-refractivity contribution in [3.8, 4) is 0 Å². The van der Waals surface area contributed by atoms with E-state index in [9.17, 15) is 0 Å². The Balaban J connectivity index is 2.04. The number of hydrogen-bond acceptors (Lipinski definition) is 5. The summed E-state index contributed by atoms with van der Waals surface area (Å²) >= 11 is 6.17. The van der Waals surface area contributed by atoms with Crippen molar-refractivity contribution in [2.75, 3.05) is 11.9 Å². The number of anilines is 1. The van der Waals surface area contributed by atoms with Crippen LogP contribution in [-0.4, -0.2) is 31.6 Å². The van der Waals surface area contributed by atoms with E-state index >= 15 is 0 Å². The van der Waals surface area contributed by atoms with Crippen LogP contribution in [-0.2, 0) is 6.54 Å². The number of halogens is 1. The molecule has 102 valence electrons. The Morgan fingerprint density at radius 1 is 1.30 bits per heavy atom. The zero-order chi connectivity index (χ0) is 14.1. The molecule has 0 amide bonds. The van der Waals surface area contributed by atoms with Crippen molar-refractivity contribution in [2.45, 2.75) is 13.5 Å². The first-order valence-corrected chi connectivity index (χ1v) is 6.50. The van der Waals surface area contributed by atoms with Gasteiger partial charge in [-0.3, -0.25) is 4.98 Å². The highest BCUT2D eigenvalue weighted by Crippen LogP contribution is 2.25. The molecular weight excluding hydrogens is 276 g/mol. The molecule has 0 aliphatic heterocycles. The van der Waals surface area contributed by atoms with E-state index in [0.29, 0.717) is 10.9 Å². The van der Waals surface area contributed by atoms with Crippen LogP contribution in [0.15, 0.2) is 30.9 Å². The van der Waals surface area contributed by atoms with Gasteiger partial charge >= 0.3 is 0 Å². The third-order valence-electron chi connectivity index (χ3n) is 3.10. The summed E-state index contributed by atoms with van der Waals surface area (Å²) in [6.45, 7) is 2.65. The van der Waals surface area contributed by atoms with Crippen LogP contribution in [0.3, 0.4) is 0 Å². The van der Waals surface area contributed by atoms with Gasteiger partial charge in [0.25, 0.3) is 5.78 Å². The van der Waals surface area contributed by atoms with E-state index in [1.54, 1.807) is 16.9 Å². The fourth-order valence-corrected chi connectivity index (χ4v) is 2.33. The maximum atomic E-state index is 6.17. The van der Waals surface area contributed by atoms with Gasteiger partial charge in [-0.2, -0.15) is 19.6 Å². The van der Waals surface area contributed by atoms with Gasteiger partial charge in [-0.1, -0.05) is 11.6 Å². The Morgan fingerprint density at radius 3 is 2.80 bits per heavy atom. The second kappa shape index (κ2) is 5.05. The van der Waals surface area contributed by atoms with Crippen molar-refractivity contribution in [1.82, 2.24) is 24.6 Å². The minimum absolute atomic E-state index is 0.446. The minimum Gasteiger partial charge on any atom is -0.355 e. The Kier molecular flexibility index (Phi) is 3.23. The Bertz CT molecular complexity index is 739. The van der Waals surface area contributed by atoms with Crippen molar-refractivity contribution in [3.05, 3.63) is 47.1 Å². The van der Waals surface area contributed by atoms with Gasteiger partial charge in [0.2, 0.25) is 0 Å². The van der Waals surface area contributed by atoms with Gasteiger partial charge in [-0.15, -0.1) is 0 Å². The zero-order valence-corrected chi connectivity index (χ0v) is 11.9. The summed E-state index contributed by atoms with van der Waals surface area (Å²) in [5.41, 5.74) is 2.03. The molecule has 0 spiro atoms. The molecule has 0 N–H and O–H groups in total.